The van der Waals surface area contributed by atoms with E-state index >= 15 is 0 Å². The van der Waals surface area contributed by atoms with Gasteiger partial charge in [-0.1, -0.05) is 78.1 Å². The van der Waals surface area contributed by atoms with Crippen molar-refractivity contribution in [3.05, 3.63) is 80.5 Å². The number of anilines is 1. The Morgan fingerprint density at radius 1 is 1.05 bits per heavy atom. The predicted octanol–water partition coefficient (Wildman–Crippen LogP) is 7.33. The second-order valence-corrected chi connectivity index (χ2v) is 11.2. The Hall–Kier alpha value is -2.23. The Morgan fingerprint density at radius 2 is 1.76 bits per heavy atom. The lowest BCUT2D eigenvalue weighted by atomic mass is 10.0. The number of nitrogens with zero attached hydrogens (tertiary/aromatic N) is 3. The Bertz CT molecular complexity index is 1280. The van der Waals surface area contributed by atoms with Crippen LogP contribution in [-0.2, 0) is 11.3 Å². The molecule has 0 radical (unpaired) electrons. The number of amides is 2. The van der Waals surface area contributed by atoms with Gasteiger partial charge in [0.2, 0.25) is 5.91 Å². The molecule has 0 spiro atoms. The van der Waals surface area contributed by atoms with Gasteiger partial charge in [0.25, 0.3) is 5.91 Å². The smallest absolute Gasteiger partial charge is 0.253 e. The van der Waals surface area contributed by atoms with Crippen LogP contribution in [0, 0.1) is 5.92 Å². The molecule has 0 saturated carbocycles. The topological polar surface area (TPSA) is 88.9 Å². The van der Waals surface area contributed by atoms with Crippen LogP contribution >= 0.6 is 58.2 Å². The van der Waals surface area contributed by atoms with Gasteiger partial charge in [-0.15, -0.1) is 16.8 Å². The molecule has 0 saturated heterocycles. The van der Waals surface area contributed by atoms with Gasteiger partial charge in [-0.2, -0.15) is 0 Å². The summed E-state index contributed by atoms with van der Waals surface area (Å²) in [6, 6.07) is 9.06. The molecule has 1 aromatic heterocycles. The van der Waals surface area contributed by atoms with E-state index in [1.54, 1.807) is 36.4 Å². The second kappa shape index (κ2) is 13.5. The third-order valence-electron chi connectivity index (χ3n) is 5.04. The van der Waals surface area contributed by atoms with Gasteiger partial charge < -0.3 is 15.2 Å². The summed E-state index contributed by atoms with van der Waals surface area (Å²) in [4.78, 5) is 25.6. The molecule has 0 fully saturated rings. The second-order valence-electron chi connectivity index (χ2n) is 8.51. The van der Waals surface area contributed by atoms with Crippen LogP contribution in [0.25, 0.3) is 0 Å². The first-order valence-corrected chi connectivity index (χ1v) is 13.8. The van der Waals surface area contributed by atoms with E-state index in [-0.39, 0.29) is 28.5 Å². The van der Waals surface area contributed by atoms with Crippen molar-refractivity contribution >= 4 is 75.7 Å². The number of hydrogen-bond donors (Lipinski definition) is 2. The van der Waals surface area contributed by atoms with E-state index in [1.165, 1.54) is 17.8 Å². The third kappa shape index (κ3) is 8.38. The molecule has 0 aliphatic rings. The zero-order chi connectivity index (χ0) is 27.1. The molecule has 1 heterocycles. The first kappa shape index (κ1) is 29.3. The molecule has 3 aromatic rings. The highest BCUT2D eigenvalue weighted by Crippen LogP contribution is 2.28. The molecule has 0 aliphatic heterocycles. The highest BCUT2D eigenvalue weighted by atomic mass is 35.5. The summed E-state index contributed by atoms with van der Waals surface area (Å²) in [6.07, 6.45) is 2.31. The molecule has 0 aliphatic carbocycles. The summed E-state index contributed by atoms with van der Waals surface area (Å²) in [5, 5.41) is 16.5. The number of nitrogens with one attached hydrogen (secondary N) is 2. The fraction of sp³-hybridized carbons (Fsp3) is 0.280. The lowest BCUT2D eigenvalue weighted by Crippen LogP contribution is -2.32. The minimum atomic E-state index is -0.455. The van der Waals surface area contributed by atoms with Gasteiger partial charge in [0, 0.05) is 27.3 Å². The maximum atomic E-state index is 13.1. The molecular formula is C25H25Cl4N5O2S. The van der Waals surface area contributed by atoms with Crippen molar-refractivity contribution in [2.75, 3.05) is 11.1 Å². The van der Waals surface area contributed by atoms with Crippen LogP contribution in [0.2, 0.25) is 20.1 Å². The fourth-order valence-electron chi connectivity index (χ4n) is 3.53. The molecule has 196 valence electrons. The maximum Gasteiger partial charge on any atom is 0.253 e. The first-order valence-electron chi connectivity index (χ1n) is 11.3. The van der Waals surface area contributed by atoms with Crippen molar-refractivity contribution in [2.24, 2.45) is 5.92 Å². The summed E-state index contributed by atoms with van der Waals surface area (Å²) in [5.41, 5.74) is 0.805. The fourth-order valence-corrected chi connectivity index (χ4v) is 5.30. The molecule has 0 bridgehead atoms. The van der Waals surface area contributed by atoms with Crippen molar-refractivity contribution < 1.29 is 9.59 Å². The first-order chi connectivity index (χ1) is 17.6. The van der Waals surface area contributed by atoms with Crippen LogP contribution in [0.1, 0.15) is 42.5 Å². The Morgan fingerprint density at radius 3 is 2.38 bits per heavy atom. The van der Waals surface area contributed by atoms with Crippen LogP contribution in [-0.4, -0.2) is 32.3 Å². The molecule has 2 N–H and O–H groups in total. The average molecular weight is 601 g/mol. The molecule has 2 amide bonds. The number of hydrogen-bond acceptors (Lipinski definition) is 5. The van der Waals surface area contributed by atoms with E-state index in [0.29, 0.717) is 50.3 Å². The summed E-state index contributed by atoms with van der Waals surface area (Å²) in [6.45, 7) is 8.31. The molecule has 0 unspecified atom stereocenters. The predicted molar refractivity (Wildman–Crippen MR) is 152 cm³/mol. The molecule has 7 nitrogen and oxygen atoms in total. The van der Waals surface area contributed by atoms with Gasteiger partial charge in [-0.05, 0) is 48.7 Å². The summed E-state index contributed by atoms with van der Waals surface area (Å²) >= 11 is 25.4. The Balaban J connectivity index is 1.79. The monoisotopic (exact) mass is 599 g/mol. The number of carbonyl (C=O) groups is 2. The third-order valence-corrected chi connectivity index (χ3v) is 6.99. The number of aromatic nitrogens is 3. The Labute approximate surface area is 239 Å². The highest BCUT2D eigenvalue weighted by molar-refractivity contribution is 7.99. The van der Waals surface area contributed by atoms with E-state index in [4.69, 9.17) is 46.4 Å². The van der Waals surface area contributed by atoms with E-state index in [1.807, 2.05) is 18.4 Å². The molecule has 37 heavy (non-hydrogen) atoms. The lowest BCUT2D eigenvalue weighted by Gasteiger charge is -2.21. The Kier molecular flexibility index (Phi) is 10.7. The standard InChI is InChI=1S/C25H25Cl4N5O2S/c1-4-7-34-23(21(8-14(2)3)31-24(36)19-6-5-15(26)12-20(19)29)32-33-25(34)37-13-22(35)30-18-10-16(27)9-17(28)11-18/h4-6,9-12,14,21H,1,7-8,13H2,2-3H3,(H,30,35)(H,31,36)/t21-/m1/s1. The number of benzene rings is 2. The average Bonchev–Trinajstić information content (AvgIpc) is 3.19. The zero-order valence-corrected chi connectivity index (χ0v) is 23.9. The van der Waals surface area contributed by atoms with Crippen LogP contribution in [0.5, 0.6) is 0 Å². The van der Waals surface area contributed by atoms with Crippen molar-refractivity contribution in [1.82, 2.24) is 20.1 Å². The minimum Gasteiger partial charge on any atom is -0.342 e. The van der Waals surface area contributed by atoms with Gasteiger partial charge in [-0.25, -0.2) is 0 Å². The van der Waals surface area contributed by atoms with Gasteiger partial charge >= 0.3 is 0 Å². The quantitative estimate of drug-likeness (QED) is 0.178. The van der Waals surface area contributed by atoms with Crippen LogP contribution in [0.4, 0.5) is 5.69 Å². The van der Waals surface area contributed by atoms with Crippen molar-refractivity contribution in [3.63, 3.8) is 0 Å². The van der Waals surface area contributed by atoms with Crippen molar-refractivity contribution in [1.29, 1.82) is 0 Å². The van der Waals surface area contributed by atoms with E-state index in [9.17, 15) is 9.59 Å². The van der Waals surface area contributed by atoms with Gasteiger partial charge in [0.1, 0.15) is 0 Å². The number of halogens is 4. The molecule has 1 atom stereocenters. The number of thioether (sulfide) groups is 1. The van der Waals surface area contributed by atoms with Gasteiger partial charge in [0.15, 0.2) is 11.0 Å². The summed E-state index contributed by atoms with van der Waals surface area (Å²) < 4.78 is 1.83. The zero-order valence-electron chi connectivity index (χ0n) is 20.1. The van der Waals surface area contributed by atoms with E-state index < -0.39 is 6.04 Å². The van der Waals surface area contributed by atoms with Crippen LogP contribution in [0.3, 0.4) is 0 Å². The van der Waals surface area contributed by atoms with E-state index in [0.717, 1.165) is 0 Å². The van der Waals surface area contributed by atoms with E-state index in [2.05, 4.69) is 27.4 Å². The molecular weight excluding hydrogens is 576 g/mol. The lowest BCUT2D eigenvalue weighted by molar-refractivity contribution is -0.113. The highest BCUT2D eigenvalue weighted by Gasteiger charge is 2.25. The largest absolute Gasteiger partial charge is 0.342 e. The van der Waals surface area contributed by atoms with Crippen LogP contribution < -0.4 is 10.6 Å². The van der Waals surface area contributed by atoms with Gasteiger partial charge in [-0.3, -0.25) is 9.59 Å². The summed E-state index contributed by atoms with van der Waals surface area (Å²) in [5.74, 6) is 0.251. The van der Waals surface area contributed by atoms with Gasteiger partial charge in [0.05, 0.1) is 22.4 Å². The number of rotatable bonds is 11. The minimum absolute atomic E-state index is 0.0704. The number of carbonyl (C=O) groups excluding carboxylic acids is 2. The molecule has 2 aromatic carbocycles. The maximum absolute atomic E-state index is 13.1. The normalized spacial score (nSPS) is 11.9. The molecule has 12 heteroatoms. The van der Waals surface area contributed by atoms with Crippen LogP contribution in [0.15, 0.2) is 54.2 Å². The number of allylic oxidation sites excluding steroid dienone is 1. The molecule has 3 rings (SSSR count). The van der Waals surface area contributed by atoms with Crippen molar-refractivity contribution in [3.8, 4) is 0 Å². The van der Waals surface area contributed by atoms with Crippen molar-refractivity contribution in [2.45, 2.75) is 38.0 Å². The SMILES string of the molecule is C=CCn1c(SCC(=O)Nc2cc(Cl)cc(Cl)c2)nnc1[C@@H](CC(C)C)NC(=O)c1ccc(Cl)cc1Cl. The summed E-state index contributed by atoms with van der Waals surface area (Å²) in [7, 11) is 0.